The van der Waals surface area contributed by atoms with Crippen molar-refractivity contribution < 1.29 is 19.4 Å². The van der Waals surface area contributed by atoms with Crippen molar-refractivity contribution in [2.24, 2.45) is 0 Å². The zero-order valence-corrected chi connectivity index (χ0v) is 13.0. The van der Waals surface area contributed by atoms with Crippen LogP contribution in [0.25, 0.3) is 0 Å². The third-order valence-electron chi connectivity index (χ3n) is 3.32. The molecule has 2 aromatic carbocycles. The molecular formula is C19H14N2O4. The Morgan fingerprint density at radius 1 is 0.920 bits per heavy atom. The molecule has 25 heavy (non-hydrogen) atoms. The number of hydrogen-bond donors (Lipinski definition) is 2. The van der Waals surface area contributed by atoms with E-state index in [4.69, 9.17) is 9.84 Å². The van der Waals surface area contributed by atoms with Crippen LogP contribution in [0.1, 0.15) is 20.8 Å². The van der Waals surface area contributed by atoms with Crippen molar-refractivity contribution in [2.45, 2.75) is 0 Å². The first kappa shape index (κ1) is 16.2. The van der Waals surface area contributed by atoms with Gasteiger partial charge in [0.05, 0.1) is 5.56 Å². The molecule has 0 aliphatic carbocycles. The van der Waals surface area contributed by atoms with E-state index < -0.39 is 11.9 Å². The average molecular weight is 334 g/mol. The fourth-order valence-electron chi connectivity index (χ4n) is 2.21. The fourth-order valence-corrected chi connectivity index (χ4v) is 2.21. The number of benzene rings is 2. The Kier molecular flexibility index (Phi) is 4.71. The van der Waals surface area contributed by atoms with Gasteiger partial charge < -0.3 is 15.2 Å². The summed E-state index contributed by atoms with van der Waals surface area (Å²) in [4.78, 5) is 27.4. The third-order valence-corrected chi connectivity index (χ3v) is 3.32. The average Bonchev–Trinajstić information content (AvgIpc) is 2.63. The maximum Gasteiger partial charge on any atom is 0.338 e. The van der Waals surface area contributed by atoms with E-state index >= 15 is 0 Å². The van der Waals surface area contributed by atoms with E-state index in [1.165, 1.54) is 18.3 Å². The summed E-state index contributed by atoms with van der Waals surface area (Å²) in [5.74, 6) is -0.596. The first-order valence-electron chi connectivity index (χ1n) is 7.46. The number of pyridine rings is 1. The molecule has 1 heterocycles. The molecule has 0 unspecified atom stereocenters. The van der Waals surface area contributed by atoms with E-state index in [-0.39, 0.29) is 11.3 Å². The molecule has 3 aromatic rings. The Morgan fingerprint density at radius 3 is 2.44 bits per heavy atom. The van der Waals surface area contributed by atoms with Gasteiger partial charge in [0.2, 0.25) is 0 Å². The van der Waals surface area contributed by atoms with Crippen molar-refractivity contribution in [1.29, 1.82) is 0 Å². The lowest BCUT2D eigenvalue weighted by Gasteiger charge is -2.09. The quantitative estimate of drug-likeness (QED) is 0.740. The van der Waals surface area contributed by atoms with Crippen molar-refractivity contribution in [2.75, 3.05) is 5.32 Å². The highest BCUT2D eigenvalue weighted by Gasteiger charge is 2.17. The number of amides is 1. The van der Waals surface area contributed by atoms with Gasteiger partial charge in [-0.1, -0.05) is 24.3 Å². The number of carboxylic acids is 1. The number of hydrogen-bond acceptors (Lipinski definition) is 4. The van der Waals surface area contributed by atoms with Gasteiger partial charge in [-0.3, -0.25) is 9.78 Å². The summed E-state index contributed by atoms with van der Waals surface area (Å²) in [7, 11) is 0. The molecule has 0 saturated heterocycles. The van der Waals surface area contributed by atoms with E-state index in [0.29, 0.717) is 17.2 Å². The molecule has 0 atom stereocenters. The molecule has 0 radical (unpaired) electrons. The smallest absolute Gasteiger partial charge is 0.338 e. The van der Waals surface area contributed by atoms with Crippen LogP contribution < -0.4 is 10.1 Å². The van der Waals surface area contributed by atoms with Gasteiger partial charge in [-0.15, -0.1) is 0 Å². The number of rotatable bonds is 5. The first-order valence-corrected chi connectivity index (χ1v) is 7.46. The summed E-state index contributed by atoms with van der Waals surface area (Å²) in [6.07, 6.45) is 1.37. The van der Waals surface area contributed by atoms with Crippen LogP contribution in [0.2, 0.25) is 0 Å². The van der Waals surface area contributed by atoms with Gasteiger partial charge in [0, 0.05) is 18.0 Å². The monoisotopic (exact) mass is 334 g/mol. The van der Waals surface area contributed by atoms with Gasteiger partial charge >= 0.3 is 5.97 Å². The molecule has 124 valence electrons. The Bertz CT molecular complexity index is 910. The minimum Gasteiger partial charge on any atom is -0.478 e. The van der Waals surface area contributed by atoms with Crippen molar-refractivity contribution >= 4 is 17.6 Å². The van der Waals surface area contributed by atoms with Gasteiger partial charge in [0.15, 0.2) is 0 Å². The Labute approximate surface area is 143 Å². The molecule has 6 heteroatoms. The van der Waals surface area contributed by atoms with E-state index in [9.17, 15) is 9.59 Å². The lowest BCUT2D eigenvalue weighted by atomic mass is 10.2. The molecule has 3 rings (SSSR count). The zero-order valence-electron chi connectivity index (χ0n) is 13.0. The predicted octanol–water partition coefficient (Wildman–Crippen LogP) is 3.82. The second-order valence-corrected chi connectivity index (χ2v) is 5.10. The molecule has 1 aromatic heterocycles. The second kappa shape index (κ2) is 7.27. The van der Waals surface area contributed by atoms with Crippen LogP contribution >= 0.6 is 0 Å². The lowest BCUT2D eigenvalue weighted by molar-refractivity contribution is 0.0691. The summed E-state index contributed by atoms with van der Waals surface area (Å²) in [5, 5.41) is 11.8. The first-order chi connectivity index (χ1) is 12.1. The number of anilines is 1. The van der Waals surface area contributed by atoms with Crippen molar-refractivity contribution in [3.8, 4) is 11.5 Å². The number of ether oxygens (including phenoxy) is 1. The van der Waals surface area contributed by atoms with E-state index in [1.54, 1.807) is 24.3 Å². The van der Waals surface area contributed by atoms with Crippen LogP contribution in [0.4, 0.5) is 5.69 Å². The highest BCUT2D eigenvalue weighted by atomic mass is 16.5. The number of carbonyl (C=O) groups is 2. The second-order valence-electron chi connectivity index (χ2n) is 5.10. The zero-order chi connectivity index (χ0) is 17.6. The number of carbonyl (C=O) groups excluding carboxylic acids is 1. The van der Waals surface area contributed by atoms with Crippen molar-refractivity contribution in [3.63, 3.8) is 0 Å². The minimum absolute atomic E-state index is 0.149. The highest BCUT2D eigenvalue weighted by molar-refractivity contribution is 6.09. The molecule has 0 aliphatic rings. The lowest BCUT2D eigenvalue weighted by Crippen LogP contribution is -2.18. The van der Waals surface area contributed by atoms with Gasteiger partial charge in [-0.25, -0.2) is 4.79 Å². The van der Waals surface area contributed by atoms with Crippen molar-refractivity contribution in [1.82, 2.24) is 4.98 Å². The minimum atomic E-state index is -1.21. The predicted molar refractivity (Wildman–Crippen MR) is 92.1 cm³/mol. The molecule has 0 fully saturated rings. The van der Waals surface area contributed by atoms with Gasteiger partial charge in [0.1, 0.15) is 17.2 Å². The van der Waals surface area contributed by atoms with E-state index in [2.05, 4.69) is 10.3 Å². The summed E-state index contributed by atoms with van der Waals surface area (Å²) in [6, 6.07) is 18.8. The molecule has 6 nitrogen and oxygen atoms in total. The van der Waals surface area contributed by atoms with Gasteiger partial charge in [-0.05, 0) is 36.4 Å². The van der Waals surface area contributed by atoms with E-state index in [0.717, 1.165) is 0 Å². The Balaban J connectivity index is 1.78. The molecule has 1 amide bonds. The highest BCUT2D eigenvalue weighted by Crippen LogP contribution is 2.24. The maximum atomic E-state index is 12.3. The van der Waals surface area contributed by atoms with Gasteiger partial charge in [0.25, 0.3) is 5.91 Å². The van der Waals surface area contributed by atoms with Gasteiger partial charge in [-0.2, -0.15) is 0 Å². The molecule has 0 bridgehead atoms. The SMILES string of the molecule is O=C(O)c1cccnc1C(=O)Nc1cccc(Oc2ccccc2)c1. The van der Waals surface area contributed by atoms with Crippen LogP contribution in [0.3, 0.4) is 0 Å². The van der Waals surface area contributed by atoms with E-state index in [1.807, 2.05) is 30.3 Å². The Morgan fingerprint density at radius 2 is 1.68 bits per heavy atom. The van der Waals surface area contributed by atoms with Crippen molar-refractivity contribution in [3.05, 3.63) is 84.2 Å². The normalized spacial score (nSPS) is 10.1. The van der Waals surface area contributed by atoms with Crippen LogP contribution in [-0.2, 0) is 0 Å². The third kappa shape index (κ3) is 4.00. The number of aromatic nitrogens is 1. The van der Waals surface area contributed by atoms with Crippen LogP contribution in [0.15, 0.2) is 72.9 Å². The number of para-hydroxylation sites is 1. The summed E-state index contributed by atoms with van der Waals surface area (Å²) < 4.78 is 5.71. The fraction of sp³-hybridized carbons (Fsp3) is 0. The summed E-state index contributed by atoms with van der Waals surface area (Å²) in [5.41, 5.74) is 0.168. The summed E-state index contributed by atoms with van der Waals surface area (Å²) in [6.45, 7) is 0. The standard InChI is InChI=1S/C19H14N2O4/c22-18(17-16(19(23)24)10-5-11-20-17)21-13-6-4-9-15(12-13)25-14-7-2-1-3-8-14/h1-12H,(H,21,22)(H,23,24). The molecule has 0 saturated carbocycles. The number of carboxylic acid groups (broad SMARTS) is 1. The molecule has 2 N–H and O–H groups in total. The molecular weight excluding hydrogens is 320 g/mol. The number of aromatic carboxylic acids is 1. The molecule has 0 spiro atoms. The molecule has 0 aliphatic heterocycles. The van der Waals surface area contributed by atoms with Crippen LogP contribution in [0.5, 0.6) is 11.5 Å². The van der Waals surface area contributed by atoms with Crippen LogP contribution in [-0.4, -0.2) is 22.0 Å². The Hall–Kier alpha value is -3.67. The topological polar surface area (TPSA) is 88.5 Å². The number of nitrogens with zero attached hydrogens (tertiary/aromatic N) is 1. The maximum absolute atomic E-state index is 12.3. The van der Waals surface area contributed by atoms with Crippen LogP contribution in [0, 0.1) is 0 Å². The summed E-state index contributed by atoms with van der Waals surface area (Å²) >= 11 is 0. The largest absolute Gasteiger partial charge is 0.478 e. The number of nitrogens with one attached hydrogen (secondary N) is 1.